The Morgan fingerprint density at radius 3 is 2.62 bits per heavy atom. The predicted octanol–water partition coefficient (Wildman–Crippen LogP) is 2.99. The van der Waals surface area contributed by atoms with E-state index in [1.54, 1.807) is 25.3 Å². The molecule has 4 aliphatic heterocycles. The number of urea groups is 1. The Kier molecular flexibility index (Phi) is 6.58. The van der Waals surface area contributed by atoms with Gasteiger partial charge in [-0.15, -0.1) is 11.3 Å². The van der Waals surface area contributed by atoms with Crippen LogP contribution in [-0.2, 0) is 9.59 Å². The SMILES string of the molecule is Cc1c(F)cccc1C1N=C(c2nccs2)NC(CN2CCN3C(=O)N(C45CC(C(=O)N6CCCC6)(C4)C5)CC3C2)=C1C(=O)O. The Balaban J connectivity index is 1.01. The number of hydrogen-bond donors (Lipinski definition) is 2. The number of aromatic nitrogens is 1. The summed E-state index contributed by atoms with van der Waals surface area (Å²) < 4.78 is 14.6. The summed E-state index contributed by atoms with van der Waals surface area (Å²) in [7, 11) is 0. The van der Waals surface area contributed by atoms with Crippen LogP contribution in [0.2, 0.25) is 0 Å². The van der Waals surface area contributed by atoms with Crippen LogP contribution in [0.25, 0.3) is 0 Å². The Labute approximate surface area is 264 Å². The van der Waals surface area contributed by atoms with Crippen LogP contribution in [0, 0.1) is 18.2 Å². The first-order valence-corrected chi connectivity index (χ1v) is 16.6. The van der Waals surface area contributed by atoms with Gasteiger partial charge in [-0.2, -0.15) is 0 Å². The Hall–Kier alpha value is -3.84. The molecule has 1 aromatic heterocycles. The van der Waals surface area contributed by atoms with Crippen molar-refractivity contribution in [3.63, 3.8) is 0 Å². The highest BCUT2D eigenvalue weighted by atomic mass is 32.1. The molecule has 13 heteroatoms. The summed E-state index contributed by atoms with van der Waals surface area (Å²) in [5.74, 6) is -0.784. The van der Waals surface area contributed by atoms with Crippen LogP contribution in [0.5, 0.6) is 0 Å². The van der Waals surface area contributed by atoms with Gasteiger partial charge in [0.2, 0.25) is 5.91 Å². The van der Waals surface area contributed by atoms with Crippen LogP contribution in [0.15, 0.2) is 46.0 Å². The molecule has 0 spiro atoms. The highest BCUT2D eigenvalue weighted by molar-refractivity contribution is 7.11. The van der Waals surface area contributed by atoms with Gasteiger partial charge in [0, 0.05) is 68.6 Å². The molecule has 2 atom stereocenters. The molecular weight excluding hydrogens is 597 g/mol. The molecule has 9 rings (SSSR count). The first-order chi connectivity index (χ1) is 21.7. The highest BCUT2D eigenvalue weighted by Crippen LogP contribution is 2.71. The quantitative estimate of drug-likeness (QED) is 0.481. The lowest BCUT2D eigenvalue weighted by molar-refractivity contribution is -0.212. The minimum absolute atomic E-state index is 0.0173. The van der Waals surface area contributed by atoms with E-state index < -0.39 is 17.8 Å². The van der Waals surface area contributed by atoms with Crippen molar-refractivity contribution in [3.05, 3.63) is 63.0 Å². The average molecular weight is 634 g/mol. The van der Waals surface area contributed by atoms with Crippen molar-refractivity contribution >= 4 is 35.1 Å². The van der Waals surface area contributed by atoms with E-state index in [9.17, 15) is 23.9 Å². The lowest BCUT2D eigenvalue weighted by Gasteiger charge is -2.72. The molecule has 3 saturated heterocycles. The topological polar surface area (TPSA) is 122 Å². The summed E-state index contributed by atoms with van der Waals surface area (Å²) in [4.78, 5) is 56.8. The minimum Gasteiger partial charge on any atom is -0.478 e. The molecule has 2 unspecified atom stereocenters. The van der Waals surface area contributed by atoms with E-state index in [2.05, 4.69) is 15.2 Å². The molecule has 3 aliphatic carbocycles. The maximum atomic E-state index is 14.6. The fourth-order valence-corrected chi connectivity index (χ4v) is 9.19. The fourth-order valence-electron chi connectivity index (χ4n) is 8.60. The zero-order valence-corrected chi connectivity index (χ0v) is 26.0. The van der Waals surface area contributed by atoms with E-state index in [1.807, 2.05) is 20.1 Å². The number of aliphatic imine (C=N–C) groups is 1. The number of fused-ring (bicyclic) bond motifs is 1. The number of amides is 3. The predicted molar refractivity (Wildman–Crippen MR) is 164 cm³/mol. The number of aliphatic carboxylic acids is 1. The van der Waals surface area contributed by atoms with Gasteiger partial charge in [-0.25, -0.2) is 19.0 Å². The summed E-state index contributed by atoms with van der Waals surface area (Å²) in [5.41, 5.74) is 0.972. The van der Waals surface area contributed by atoms with Crippen molar-refractivity contribution in [2.75, 3.05) is 45.8 Å². The van der Waals surface area contributed by atoms with Crippen LogP contribution >= 0.6 is 11.3 Å². The van der Waals surface area contributed by atoms with Crippen molar-refractivity contribution in [1.29, 1.82) is 0 Å². The number of carbonyl (C=O) groups is 3. The van der Waals surface area contributed by atoms with E-state index in [1.165, 1.54) is 17.4 Å². The number of benzene rings is 1. The lowest BCUT2D eigenvalue weighted by atomic mass is 9.38. The largest absolute Gasteiger partial charge is 0.478 e. The zero-order chi connectivity index (χ0) is 31.1. The van der Waals surface area contributed by atoms with Crippen LogP contribution in [0.4, 0.5) is 9.18 Å². The van der Waals surface area contributed by atoms with Crippen molar-refractivity contribution < 1.29 is 23.9 Å². The maximum absolute atomic E-state index is 14.6. The molecule has 236 valence electrons. The van der Waals surface area contributed by atoms with Gasteiger partial charge in [0.05, 0.1) is 17.0 Å². The number of hydrogen-bond acceptors (Lipinski definition) is 8. The normalized spacial score (nSPS) is 30.9. The lowest BCUT2D eigenvalue weighted by Crippen LogP contribution is -2.78. The molecule has 3 saturated carbocycles. The van der Waals surface area contributed by atoms with Gasteiger partial charge < -0.3 is 25.1 Å². The van der Waals surface area contributed by atoms with Gasteiger partial charge in [-0.3, -0.25) is 14.7 Å². The molecule has 0 radical (unpaired) electrons. The second-order valence-electron chi connectivity index (χ2n) is 13.5. The van der Waals surface area contributed by atoms with E-state index in [4.69, 9.17) is 4.99 Å². The number of likely N-dealkylation sites (tertiary alicyclic amines) is 1. The third-order valence-corrected chi connectivity index (χ3v) is 11.6. The summed E-state index contributed by atoms with van der Waals surface area (Å²) in [6.07, 6.45) is 6.13. The Morgan fingerprint density at radius 1 is 1.13 bits per heavy atom. The van der Waals surface area contributed by atoms with Crippen molar-refractivity contribution in [2.24, 2.45) is 10.4 Å². The second kappa shape index (κ2) is 10.3. The number of carboxylic acids is 1. The average Bonchev–Trinajstić information content (AvgIpc) is 3.76. The molecule has 7 aliphatic rings. The summed E-state index contributed by atoms with van der Waals surface area (Å²) in [6, 6.07) is 3.80. The molecule has 2 bridgehead atoms. The van der Waals surface area contributed by atoms with Crippen LogP contribution in [-0.4, -0.2) is 111 Å². The Morgan fingerprint density at radius 2 is 1.91 bits per heavy atom. The van der Waals surface area contributed by atoms with Crippen molar-refractivity contribution in [1.82, 2.24) is 29.9 Å². The number of rotatable bonds is 7. The summed E-state index contributed by atoms with van der Waals surface area (Å²) in [6.45, 7) is 6.01. The number of carboxylic acid groups (broad SMARTS) is 1. The monoisotopic (exact) mass is 633 g/mol. The van der Waals surface area contributed by atoms with Gasteiger partial charge in [-0.05, 0) is 56.2 Å². The molecule has 3 amide bonds. The van der Waals surface area contributed by atoms with E-state index >= 15 is 0 Å². The van der Waals surface area contributed by atoms with E-state index in [-0.39, 0.29) is 34.5 Å². The third kappa shape index (κ3) is 4.41. The summed E-state index contributed by atoms with van der Waals surface area (Å²) >= 11 is 1.39. The molecule has 1 aromatic carbocycles. The van der Waals surface area contributed by atoms with E-state index in [0.29, 0.717) is 60.4 Å². The summed E-state index contributed by atoms with van der Waals surface area (Å²) in [5, 5.41) is 16.2. The number of nitrogens with zero attached hydrogens (tertiary/aromatic N) is 6. The third-order valence-electron chi connectivity index (χ3n) is 10.8. The molecular formula is C32H36FN7O4S. The molecule has 45 heavy (non-hydrogen) atoms. The van der Waals surface area contributed by atoms with E-state index in [0.717, 1.165) is 45.2 Å². The maximum Gasteiger partial charge on any atom is 0.335 e. The molecule has 5 heterocycles. The number of amidine groups is 1. The van der Waals surface area contributed by atoms with Crippen molar-refractivity contribution in [2.45, 2.75) is 56.7 Å². The van der Waals surface area contributed by atoms with Crippen LogP contribution in [0.3, 0.4) is 0 Å². The van der Waals surface area contributed by atoms with Gasteiger partial charge in [0.15, 0.2) is 10.8 Å². The Bertz CT molecular complexity index is 1630. The van der Waals surface area contributed by atoms with Gasteiger partial charge >= 0.3 is 12.0 Å². The molecule has 2 N–H and O–H groups in total. The van der Waals surface area contributed by atoms with Gasteiger partial charge in [0.1, 0.15) is 11.9 Å². The minimum atomic E-state index is -1.12. The zero-order valence-electron chi connectivity index (χ0n) is 25.2. The number of thiazole rings is 1. The van der Waals surface area contributed by atoms with Crippen molar-refractivity contribution in [3.8, 4) is 0 Å². The number of halogens is 1. The fraction of sp³-hybridized carbons (Fsp3) is 0.531. The van der Waals surface area contributed by atoms with Crippen LogP contribution < -0.4 is 5.32 Å². The standard InChI is InChI=1S/C32H36FN7O4S/c1-19-21(5-4-6-22(19)33)25-24(28(41)42)23(35-26(36-25)27-34-7-12-45-27)15-37-10-11-39-20(13-37)14-40(30(39)44)32-16-31(17-32,18-32)29(43)38-8-2-3-9-38/h4-7,12,20,25H,2-3,8-11,13-18H2,1H3,(H,35,36)(H,41,42). The van der Waals surface area contributed by atoms with Crippen LogP contribution in [0.1, 0.15) is 54.3 Å². The molecule has 6 fully saturated rings. The first kappa shape index (κ1) is 28.6. The smallest absolute Gasteiger partial charge is 0.335 e. The number of nitrogens with one attached hydrogen (secondary N) is 1. The number of piperazine rings is 1. The van der Waals surface area contributed by atoms with Gasteiger partial charge in [-0.1, -0.05) is 12.1 Å². The number of carbonyl (C=O) groups excluding carboxylic acids is 2. The molecule has 11 nitrogen and oxygen atoms in total. The first-order valence-electron chi connectivity index (χ1n) is 15.7. The van der Waals surface area contributed by atoms with Gasteiger partial charge in [0.25, 0.3) is 0 Å². The second-order valence-corrected chi connectivity index (χ2v) is 14.4. The molecule has 2 aromatic rings. The highest BCUT2D eigenvalue weighted by Gasteiger charge is 2.76.